The zero-order chi connectivity index (χ0) is 17.2. The summed E-state index contributed by atoms with van der Waals surface area (Å²) in [6, 6.07) is 0. The van der Waals surface area contributed by atoms with Gasteiger partial charge in [-0.1, -0.05) is 90.9 Å². The van der Waals surface area contributed by atoms with E-state index in [1.165, 1.54) is 77.0 Å². The monoisotopic (exact) mass is 326 g/mol. The molecule has 1 N–H and O–H groups in total. The first-order valence-electron chi connectivity index (χ1n) is 10.4. The van der Waals surface area contributed by atoms with Crippen LogP contribution in [0.5, 0.6) is 0 Å². The number of rotatable bonds is 18. The van der Waals surface area contributed by atoms with Crippen LogP contribution in [0, 0.1) is 5.92 Å². The topological polar surface area (TPSA) is 37.3 Å². The number of hydrogen-bond donors (Lipinski definition) is 1. The Balaban J connectivity index is 3.20. The van der Waals surface area contributed by atoms with Crippen LogP contribution >= 0.6 is 0 Å². The number of aliphatic hydroxyl groups is 1. The Kier molecular flexibility index (Phi) is 17.7. The van der Waals surface area contributed by atoms with E-state index in [4.69, 9.17) is 5.11 Å². The average Bonchev–Trinajstić information content (AvgIpc) is 2.58. The number of aliphatic hydroxyl groups excluding tert-OH is 1. The number of Topliss-reactive ketones (excluding diaryl/α,β-unsaturated/α-hetero) is 1. The third-order valence-electron chi connectivity index (χ3n) is 5.01. The molecule has 0 aliphatic heterocycles. The van der Waals surface area contributed by atoms with Crippen LogP contribution in [0.25, 0.3) is 0 Å². The van der Waals surface area contributed by atoms with Crippen molar-refractivity contribution in [2.24, 2.45) is 5.92 Å². The molecule has 0 heterocycles. The smallest absolute Gasteiger partial charge is 0.135 e. The fraction of sp³-hybridized carbons (Fsp3) is 0.952. The Morgan fingerprint density at radius 2 is 1.09 bits per heavy atom. The van der Waals surface area contributed by atoms with Gasteiger partial charge in [0.2, 0.25) is 0 Å². The first kappa shape index (κ1) is 22.6. The summed E-state index contributed by atoms with van der Waals surface area (Å²) in [6.07, 6.45) is 19.8. The van der Waals surface area contributed by atoms with E-state index < -0.39 is 0 Å². The van der Waals surface area contributed by atoms with Gasteiger partial charge in [-0.25, -0.2) is 0 Å². The van der Waals surface area contributed by atoms with Crippen molar-refractivity contribution in [3.8, 4) is 0 Å². The van der Waals surface area contributed by atoms with Crippen LogP contribution in [0.4, 0.5) is 0 Å². The molecule has 0 aliphatic carbocycles. The molecule has 0 saturated carbocycles. The van der Waals surface area contributed by atoms with Gasteiger partial charge in [0.25, 0.3) is 0 Å². The predicted molar refractivity (Wildman–Crippen MR) is 101 cm³/mol. The Morgan fingerprint density at radius 1 is 0.696 bits per heavy atom. The molecule has 138 valence electrons. The lowest BCUT2D eigenvalue weighted by Gasteiger charge is -2.12. The van der Waals surface area contributed by atoms with E-state index in [1.54, 1.807) is 0 Å². The van der Waals surface area contributed by atoms with Crippen molar-refractivity contribution in [2.45, 2.75) is 117 Å². The first-order chi connectivity index (χ1) is 11.3. The maximum absolute atomic E-state index is 11.7. The van der Waals surface area contributed by atoms with Gasteiger partial charge >= 0.3 is 0 Å². The van der Waals surface area contributed by atoms with Crippen molar-refractivity contribution in [3.63, 3.8) is 0 Å². The molecule has 0 saturated heterocycles. The van der Waals surface area contributed by atoms with Crippen molar-refractivity contribution >= 4 is 5.78 Å². The van der Waals surface area contributed by atoms with Gasteiger partial charge in [-0.05, 0) is 19.3 Å². The van der Waals surface area contributed by atoms with Gasteiger partial charge in [-0.2, -0.15) is 0 Å². The SMILES string of the molecule is CCC(=O)C(CC)CCCCCCCCCCCCCCCO. The molecule has 0 aromatic carbocycles. The molecule has 0 aliphatic rings. The summed E-state index contributed by atoms with van der Waals surface area (Å²) < 4.78 is 0. The van der Waals surface area contributed by atoms with Crippen LogP contribution < -0.4 is 0 Å². The van der Waals surface area contributed by atoms with Gasteiger partial charge in [0.05, 0.1) is 0 Å². The molecule has 0 aromatic heterocycles. The number of ketones is 1. The van der Waals surface area contributed by atoms with Gasteiger partial charge < -0.3 is 5.11 Å². The second-order valence-corrected chi connectivity index (χ2v) is 7.03. The molecule has 1 atom stereocenters. The van der Waals surface area contributed by atoms with E-state index >= 15 is 0 Å². The molecule has 0 radical (unpaired) electrons. The summed E-state index contributed by atoms with van der Waals surface area (Å²) in [7, 11) is 0. The molecule has 0 amide bonds. The molecule has 0 aromatic rings. The van der Waals surface area contributed by atoms with Crippen molar-refractivity contribution < 1.29 is 9.90 Å². The van der Waals surface area contributed by atoms with Crippen molar-refractivity contribution in [1.29, 1.82) is 0 Å². The Hall–Kier alpha value is -0.370. The van der Waals surface area contributed by atoms with Crippen LogP contribution in [0.2, 0.25) is 0 Å². The van der Waals surface area contributed by atoms with E-state index in [2.05, 4.69) is 6.92 Å². The quantitative estimate of drug-likeness (QED) is 0.294. The molecule has 2 nitrogen and oxygen atoms in total. The minimum Gasteiger partial charge on any atom is -0.396 e. The highest BCUT2D eigenvalue weighted by atomic mass is 16.2. The number of unbranched alkanes of at least 4 members (excludes halogenated alkanes) is 12. The van der Waals surface area contributed by atoms with Crippen LogP contribution in [0.3, 0.4) is 0 Å². The zero-order valence-corrected chi connectivity index (χ0v) is 16.0. The predicted octanol–water partition coefficient (Wildman–Crippen LogP) is 6.45. The van der Waals surface area contributed by atoms with Crippen LogP contribution in [-0.4, -0.2) is 17.5 Å². The summed E-state index contributed by atoms with van der Waals surface area (Å²) in [4.78, 5) is 11.7. The standard InChI is InChI=1S/C21H42O2/c1-3-20(21(23)4-2)18-16-14-12-10-8-6-5-7-9-11-13-15-17-19-22/h20,22H,3-19H2,1-2H3. The van der Waals surface area contributed by atoms with E-state index in [0.29, 0.717) is 24.7 Å². The number of carbonyl (C=O) groups is 1. The fourth-order valence-electron chi connectivity index (χ4n) is 3.33. The Labute approximate surface area is 145 Å². The first-order valence-corrected chi connectivity index (χ1v) is 10.4. The highest BCUT2D eigenvalue weighted by molar-refractivity contribution is 5.80. The van der Waals surface area contributed by atoms with Crippen molar-refractivity contribution in [2.75, 3.05) is 6.61 Å². The summed E-state index contributed by atoms with van der Waals surface area (Å²) in [6.45, 7) is 4.49. The number of carbonyl (C=O) groups excluding carboxylic acids is 1. The largest absolute Gasteiger partial charge is 0.396 e. The second-order valence-electron chi connectivity index (χ2n) is 7.03. The lowest BCUT2D eigenvalue weighted by molar-refractivity contribution is -0.122. The van der Waals surface area contributed by atoms with Gasteiger partial charge in [0.15, 0.2) is 0 Å². The van der Waals surface area contributed by atoms with Crippen molar-refractivity contribution in [1.82, 2.24) is 0 Å². The lowest BCUT2D eigenvalue weighted by Crippen LogP contribution is -2.12. The third kappa shape index (κ3) is 14.9. The lowest BCUT2D eigenvalue weighted by atomic mass is 9.92. The molecule has 0 bridgehead atoms. The number of hydrogen-bond acceptors (Lipinski definition) is 2. The molecule has 0 spiro atoms. The highest BCUT2D eigenvalue weighted by Gasteiger charge is 2.13. The second kappa shape index (κ2) is 18.0. The van der Waals surface area contributed by atoms with E-state index in [-0.39, 0.29) is 0 Å². The molecule has 0 fully saturated rings. The Bertz CT molecular complexity index is 250. The minimum absolute atomic E-state index is 0.331. The molecule has 1 unspecified atom stereocenters. The van der Waals surface area contributed by atoms with Gasteiger partial charge in [0.1, 0.15) is 5.78 Å². The summed E-state index contributed by atoms with van der Waals surface area (Å²) >= 11 is 0. The highest BCUT2D eigenvalue weighted by Crippen LogP contribution is 2.18. The van der Waals surface area contributed by atoms with E-state index in [9.17, 15) is 4.79 Å². The molecule has 23 heavy (non-hydrogen) atoms. The Morgan fingerprint density at radius 3 is 1.43 bits per heavy atom. The molecule has 2 heteroatoms. The minimum atomic E-state index is 0.331. The zero-order valence-electron chi connectivity index (χ0n) is 16.0. The van der Waals surface area contributed by atoms with Crippen molar-refractivity contribution in [3.05, 3.63) is 0 Å². The maximum Gasteiger partial charge on any atom is 0.135 e. The summed E-state index contributed by atoms with van der Waals surface area (Å²) in [5.74, 6) is 0.793. The summed E-state index contributed by atoms with van der Waals surface area (Å²) in [5.41, 5.74) is 0. The van der Waals surface area contributed by atoms with Crippen LogP contribution in [0.1, 0.15) is 117 Å². The van der Waals surface area contributed by atoms with Gasteiger partial charge in [-0.15, -0.1) is 0 Å². The fourth-order valence-corrected chi connectivity index (χ4v) is 3.33. The normalized spacial score (nSPS) is 12.5. The van der Waals surface area contributed by atoms with Gasteiger partial charge in [0, 0.05) is 18.9 Å². The van der Waals surface area contributed by atoms with E-state index in [1.807, 2.05) is 6.92 Å². The molecular weight excluding hydrogens is 284 g/mol. The van der Waals surface area contributed by atoms with Gasteiger partial charge in [-0.3, -0.25) is 4.79 Å². The maximum atomic E-state index is 11.7. The molecular formula is C21H42O2. The van der Waals surface area contributed by atoms with E-state index in [0.717, 1.165) is 19.3 Å². The third-order valence-corrected chi connectivity index (χ3v) is 5.01. The average molecular weight is 327 g/mol. The van der Waals surface area contributed by atoms with Crippen LogP contribution in [0.15, 0.2) is 0 Å². The summed E-state index contributed by atoms with van der Waals surface area (Å²) in [5, 5.41) is 8.70. The molecule has 0 rings (SSSR count). The van der Waals surface area contributed by atoms with Crippen LogP contribution in [-0.2, 0) is 4.79 Å².